The number of aromatic nitrogens is 4. The fourth-order valence-corrected chi connectivity index (χ4v) is 2.97. The second-order valence-electron chi connectivity index (χ2n) is 6.50. The molecule has 0 N–H and O–H groups in total. The molecule has 6 rings (SSSR count). The topological polar surface area (TPSA) is 51.6 Å². The molecule has 3 aromatic heterocycles. The van der Waals surface area contributed by atoms with Crippen molar-refractivity contribution in [2.45, 2.75) is 0 Å². The molecule has 0 fully saturated rings. The molecule has 0 aliphatic rings. The van der Waals surface area contributed by atoms with Crippen LogP contribution in [0.1, 0.15) is 0 Å². The lowest BCUT2D eigenvalue weighted by Crippen LogP contribution is -1.77. The third-order valence-corrected chi connectivity index (χ3v) is 4.48. The molecule has 0 saturated heterocycles. The average Bonchev–Trinajstić information content (AvgIpc) is 2.85. The van der Waals surface area contributed by atoms with E-state index in [1.165, 1.54) is 16.2 Å². The number of nitrogens with zero attached hydrogens (tertiary/aromatic N) is 4. The Bertz CT molecular complexity index is 999. The summed E-state index contributed by atoms with van der Waals surface area (Å²) in [6.45, 7) is 0. The van der Waals surface area contributed by atoms with Gasteiger partial charge in [0.2, 0.25) is 0 Å². The van der Waals surface area contributed by atoms with Crippen molar-refractivity contribution in [1.82, 2.24) is 19.9 Å². The molecular formula is C26H20N4. The van der Waals surface area contributed by atoms with E-state index in [1.54, 1.807) is 6.33 Å². The van der Waals surface area contributed by atoms with Gasteiger partial charge in [-0.15, -0.1) is 0 Å². The summed E-state index contributed by atoms with van der Waals surface area (Å²) in [5.74, 6) is 0. The Morgan fingerprint density at radius 1 is 0.400 bits per heavy atom. The molecule has 3 aromatic carbocycles. The molecule has 4 heteroatoms. The summed E-state index contributed by atoms with van der Waals surface area (Å²) in [4.78, 5) is 16.2. The van der Waals surface area contributed by atoms with Crippen LogP contribution in [0, 0.1) is 0 Å². The van der Waals surface area contributed by atoms with Crippen LogP contribution < -0.4 is 0 Å². The number of para-hydroxylation sites is 2. The van der Waals surface area contributed by atoms with Crippen molar-refractivity contribution in [2.24, 2.45) is 0 Å². The van der Waals surface area contributed by atoms with Crippen molar-refractivity contribution in [1.29, 1.82) is 0 Å². The van der Waals surface area contributed by atoms with E-state index in [-0.39, 0.29) is 0 Å². The fourth-order valence-electron chi connectivity index (χ4n) is 2.97. The summed E-state index contributed by atoms with van der Waals surface area (Å²) in [5, 5.41) is 4.73. The summed E-state index contributed by atoms with van der Waals surface area (Å²) >= 11 is 0. The van der Waals surface area contributed by atoms with Gasteiger partial charge in [0, 0.05) is 35.6 Å². The maximum Gasteiger partial charge on any atom is 0.116 e. The first-order valence-electron chi connectivity index (χ1n) is 9.63. The van der Waals surface area contributed by atoms with Gasteiger partial charge in [-0.25, -0.2) is 9.97 Å². The van der Waals surface area contributed by atoms with Gasteiger partial charge in [0.25, 0.3) is 0 Å². The van der Waals surface area contributed by atoms with E-state index in [0.29, 0.717) is 0 Å². The molecule has 6 aromatic rings. The Labute approximate surface area is 174 Å². The van der Waals surface area contributed by atoms with Crippen molar-refractivity contribution in [3.63, 3.8) is 0 Å². The van der Waals surface area contributed by atoms with Gasteiger partial charge in [-0.1, -0.05) is 66.7 Å². The molecule has 0 spiro atoms. The molecule has 0 aliphatic carbocycles. The van der Waals surface area contributed by atoms with Crippen LogP contribution in [0.4, 0.5) is 0 Å². The highest BCUT2D eigenvalue weighted by Crippen LogP contribution is 2.10. The number of hydrogen-bond acceptors (Lipinski definition) is 4. The Morgan fingerprint density at radius 2 is 1.00 bits per heavy atom. The van der Waals surface area contributed by atoms with Gasteiger partial charge in [-0.2, -0.15) is 0 Å². The number of rotatable bonds is 0. The van der Waals surface area contributed by atoms with Crippen molar-refractivity contribution >= 4 is 32.6 Å². The average molecular weight is 388 g/mol. The zero-order valence-electron chi connectivity index (χ0n) is 16.3. The smallest absolute Gasteiger partial charge is 0.116 e. The van der Waals surface area contributed by atoms with Crippen LogP contribution in [0.2, 0.25) is 0 Å². The molecule has 0 atom stereocenters. The second-order valence-corrected chi connectivity index (χ2v) is 6.50. The van der Waals surface area contributed by atoms with Gasteiger partial charge in [-0.05, 0) is 35.0 Å². The van der Waals surface area contributed by atoms with Crippen LogP contribution in [0.5, 0.6) is 0 Å². The highest BCUT2D eigenvalue weighted by Gasteiger charge is 1.88. The van der Waals surface area contributed by atoms with E-state index in [1.807, 2.05) is 91.5 Å². The molecule has 0 saturated carbocycles. The zero-order chi connectivity index (χ0) is 20.4. The lowest BCUT2D eigenvalue weighted by molar-refractivity contribution is 1.22. The Hall–Kier alpha value is -4.18. The fraction of sp³-hybridized carbons (Fsp3) is 0. The Kier molecular flexibility index (Phi) is 6.28. The predicted octanol–water partition coefficient (Wildman–Crippen LogP) is 6.10. The first-order chi connectivity index (χ1) is 14.9. The molecule has 144 valence electrons. The van der Waals surface area contributed by atoms with E-state index >= 15 is 0 Å². The van der Waals surface area contributed by atoms with Gasteiger partial charge >= 0.3 is 0 Å². The van der Waals surface area contributed by atoms with Crippen LogP contribution in [0.15, 0.2) is 122 Å². The normalized spacial score (nSPS) is 10.0. The third kappa shape index (κ3) is 5.00. The number of pyridine rings is 2. The van der Waals surface area contributed by atoms with Crippen LogP contribution in [0.25, 0.3) is 32.6 Å². The van der Waals surface area contributed by atoms with Crippen molar-refractivity contribution in [3.8, 4) is 0 Å². The molecular weight excluding hydrogens is 368 g/mol. The summed E-state index contributed by atoms with van der Waals surface area (Å²) in [7, 11) is 0. The molecule has 30 heavy (non-hydrogen) atoms. The van der Waals surface area contributed by atoms with E-state index in [2.05, 4.69) is 44.2 Å². The number of hydrogen-bond donors (Lipinski definition) is 0. The van der Waals surface area contributed by atoms with Crippen LogP contribution in [-0.4, -0.2) is 19.9 Å². The van der Waals surface area contributed by atoms with Crippen LogP contribution >= 0.6 is 0 Å². The first kappa shape index (κ1) is 19.2. The first-order valence-corrected chi connectivity index (χ1v) is 9.63. The minimum Gasteiger partial charge on any atom is -0.264 e. The van der Waals surface area contributed by atoms with Gasteiger partial charge in [0.15, 0.2) is 0 Å². The highest BCUT2D eigenvalue weighted by molar-refractivity contribution is 5.81. The Balaban J connectivity index is 0.000000109. The lowest BCUT2D eigenvalue weighted by Gasteiger charge is -1.91. The minimum absolute atomic E-state index is 0.998. The highest BCUT2D eigenvalue weighted by atomic mass is 14.8. The second kappa shape index (κ2) is 9.85. The van der Waals surface area contributed by atoms with E-state index in [9.17, 15) is 0 Å². The van der Waals surface area contributed by atoms with Crippen LogP contribution in [0.3, 0.4) is 0 Å². The van der Waals surface area contributed by atoms with Gasteiger partial charge in [0.05, 0.1) is 11.0 Å². The summed E-state index contributed by atoms with van der Waals surface area (Å²) in [6, 6.07) is 30.2. The number of benzene rings is 3. The summed E-state index contributed by atoms with van der Waals surface area (Å²) < 4.78 is 0. The maximum absolute atomic E-state index is 4.18. The Morgan fingerprint density at radius 3 is 1.73 bits per heavy atom. The molecule has 0 radical (unpaired) electrons. The molecule has 4 nitrogen and oxygen atoms in total. The summed E-state index contributed by atoms with van der Waals surface area (Å²) in [6.07, 6.45) is 8.85. The maximum atomic E-state index is 4.18. The molecule has 0 amide bonds. The summed E-state index contributed by atoms with van der Waals surface area (Å²) in [5.41, 5.74) is 2.06. The standard InChI is InChI=1S/2C9H7N.C8H6N2/c1-2-6-9-8(4-1)5-3-7-10-9;1-2-4-9-7-10-6-5-8(9)3-1;1-2-4-8-7(3-1)5-9-6-10-8/h2*1-7H;1-6H. The largest absolute Gasteiger partial charge is 0.264 e. The molecule has 3 heterocycles. The third-order valence-electron chi connectivity index (χ3n) is 4.48. The number of fused-ring (bicyclic) bond motifs is 3. The molecule has 0 unspecified atom stereocenters. The predicted molar refractivity (Wildman–Crippen MR) is 123 cm³/mol. The van der Waals surface area contributed by atoms with Gasteiger partial charge in [-0.3, -0.25) is 9.97 Å². The lowest BCUT2D eigenvalue weighted by atomic mass is 10.2. The monoisotopic (exact) mass is 388 g/mol. The van der Waals surface area contributed by atoms with Crippen molar-refractivity contribution in [3.05, 3.63) is 122 Å². The van der Waals surface area contributed by atoms with E-state index in [4.69, 9.17) is 0 Å². The van der Waals surface area contributed by atoms with E-state index < -0.39 is 0 Å². The quantitative estimate of drug-likeness (QED) is 0.315. The zero-order valence-corrected chi connectivity index (χ0v) is 16.3. The minimum atomic E-state index is 0.998. The molecule has 0 bridgehead atoms. The molecule has 0 aliphatic heterocycles. The van der Waals surface area contributed by atoms with Crippen molar-refractivity contribution in [2.75, 3.05) is 0 Å². The van der Waals surface area contributed by atoms with Gasteiger partial charge < -0.3 is 0 Å². The van der Waals surface area contributed by atoms with Crippen LogP contribution in [-0.2, 0) is 0 Å². The van der Waals surface area contributed by atoms with Crippen molar-refractivity contribution < 1.29 is 0 Å². The van der Waals surface area contributed by atoms with E-state index in [0.717, 1.165) is 16.4 Å². The SMILES string of the molecule is c1ccc2cnccc2c1.c1ccc2ncccc2c1.c1ccc2ncncc2c1. The van der Waals surface area contributed by atoms with Gasteiger partial charge in [0.1, 0.15) is 6.33 Å².